The number of aliphatic carboxylic acids is 1. The molecular formula is C7H11NO5. The van der Waals surface area contributed by atoms with Crippen LogP contribution in [-0.2, 0) is 9.59 Å². The normalized spacial score (nSPS) is 10.3. The average molecular weight is 189 g/mol. The van der Waals surface area contributed by atoms with E-state index in [9.17, 15) is 9.59 Å². The molecule has 0 spiro atoms. The molecule has 0 aliphatic carbocycles. The molecular weight excluding hydrogens is 178 g/mol. The predicted octanol–water partition coefficient (Wildman–Crippen LogP) is -1.60. The summed E-state index contributed by atoms with van der Waals surface area (Å²) in [5, 5.41) is 25.2. The zero-order chi connectivity index (χ0) is 10.3. The molecule has 0 fully saturated rings. The van der Waals surface area contributed by atoms with Gasteiger partial charge in [0, 0.05) is 18.7 Å². The topological polar surface area (TPSA) is 98.1 Å². The third-order valence-corrected chi connectivity index (χ3v) is 1.22. The molecule has 0 aliphatic rings. The number of amides is 1. The van der Waals surface area contributed by atoms with E-state index in [0.29, 0.717) is 6.08 Å². The summed E-state index contributed by atoms with van der Waals surface area (Å²) in [6, 6.07) is 0. The van der Waals surface area contributed by atoms with Crippen LogP contribution < -0.4 is 0 Å². The molecule has 13 heavy (non-hydrogen) atoms. The molecule has 0 rings (SSSR count). The maximum Gasteiger partial charge on any atom is 0.328 e. The van der Waals surface area contributed by atoms with Crippen LogP contribution in [0, 0.1) is 0 Å². The van der Waals surface area contributed by atoms with Gasteiger partial charge in [0.1, 0.15) is 6.73 Å². The van der Waals surface area contributed by atoms with Crippen LogP contribution in [0.1, 0.15) is 0 Å². The minimum Gasteiger partial charge on any atom is -0.478 e. The monoisotopic (exact) mass is 189 g/mol. The Morgan fingerprint density at radius 3 is 2.23 bits per heavy atom. The Bertz CT molecular complexity index is 213. The van der Waals surface area contributed by atoms with Gasteiger partial charge >= 0.3 is 5.97 Å². The minimum atomic E-state index is -1.24. The first kappa shape index (κ1) is 11.6. The Hall–Kier alpha value is -1.40. The van der Waals surface area contributed by atoms with Crippen LogP contribution in [0.3, 0.4) is 0 Å². The van der Waals surface area contributed by atoms with Gasteiger partial charge in [0.25, 0.3) is 0 Å². The van der Waals surface area contributed by atoms with E-state index in [4.69, 9.17) is 15.3 Å². The molecule has 1 amide bonds. The third kappa shape index (κ3) is 4.94. The van der Waals surface area contributed by atoms with E-state index in [-0.39, 0.29) is 13.2 Å². The highest BCUT2D eigenvalue weighted by Crippen LogP contribution is 1.89. The van der Waals surface area contributed by atoms with E-state index in [1.165, 1.54) is 0 Å². The summed E-state index contributed by atoms with van der Waals surface area (Å²) in [4.78, 5) is 21.9. The van der Waals surface area contributed by atoms with Gasteiger partial charge in [-0.25, -0.2) is 4.79 Å². The average Bonchev–Trinajstić information content (AvgIpc) is 2.10. The molecule has 0 heterocycles. The lowest BCUT2D eigenvalue weighted by atomic mass is 10.4. The molecule has 0 aromatic rings. The highest BCUT2D eigenvalue weighted by atomic mass is 16.4. The molecule has 0 atom stereocenters. The van der Waals surface area contributed by atoms with Crippen molar-refractivity contribution >= 4 is 11.9 Å². The van der Waals surface area contributed by atoms with Crippen LogP contribution in [0.15, 0.2) is 12.2 Å². The molecule has 0 aromatic carbocycles. The maximum absolute atomic E-state index is 11.0. The van der Waals surface area contributed by atoms with E-state index < -0.39 is 18.6 Å². The Labute approximate surface area is 74.7 Å². The molecule has 0 aliphatic heterocycles. The van der Waals surface area contributed by atoms with Gasteiger partial charge in [0.15, 0.2) is 0 Å². The second-order valence-electron chi connectivity index (χ2n) is 2.14. The number of carboxylic acid groups (broad SMARTS) is 1. The van der Waals surface area contributed by atoms with Crippen LogP contribution in [-0.4, -0.2) is 52.0 Å². The zero-order valence-electron chi connectivity index (χ0n) is 6.88. The SMILES string of the molecule is O=C(O)C=CC(=O)N(CO)CCO. The summed E-state index contributed by atoms with van der Waals surface area (Å²) in [5.74, 6) is -1.89. The first-order chi connectivity index (χ1) is 6.11. The standard InChI is InChI=1S/C7H11NO5/c9-4-3-8(5-10)6(11)1-2-7(12)13/h1-2,9-10H,3-5H2,(H,12,13). The lowest BCUT2D eigenvalue weighted by Crippen LogP contribution is -2.33. The Balaban J connectivity index is 4.13. The van der Waals surface area contributed by atoms with Crippen molar-refractivity contribution in [2.75, 3.05) is 19.9 Å². The molecule has 0 saturated heterocycles. The van der Waals surface area contributed by atoms with Gasteiger partial charge < -0.3 is 20.2 Å². The first-order valence-electron chi connectivity index (χ1n) is 3.53. The van der Waals surface area contributed by atoms with Crippen LogP contribution in [0.25, 0.3) is 0 Å². The molecule has 0 radical (unpaired) electrons. The van der Waals surface area contributed by atoms with Crippen molar-refractivity contribution in [3.8, 4) is 0 Å². The number of carbonyl (C=O) groups excluding carboxylic acids is 1. The van der Waals surface area contributed by atoms with E-state index in [2.05, 4.69) is 0 Å². The van der Waals surface area contributed by atoms with Gasteiger partial charge in [-0.1, -0.05) is 0 Å². The largest absolute Gasteiger partial charge is 0.478 e. The van der Waals surface area contributed by atoms with Gasteiger partial charge in [-0.15, -0.1) is 0 Å². The van der Waals surface area contributed by atoms with Gasteiger partial charge in [-0.05, 0) is 0 Å². The number of aliphatic hydroxyl groups excluding tert-OH is 2. The molecule has 0 bridgehead atoms. The number of aliphatic hydroxyl groups is 2. The van der Waals surface area contributed by atoms with Crippen molar-refractivity contribution in [3.63, 3.8) is 0 Å². The van der Waals surface area contributed by atoms with E-state index in [1.54, 1.807) is 0 Å². The van der Waals surface area contributed by atoms with Crippen molar-refractivity contribution in [2.45, 2.75) is 0 Å². The van der Waals surface area contributed by atoms with Crippen LogP contribution in [0.2, 0.25) is 0 Å². The first-order valence-corrected chi connectivity index (χ1v) is 3.53. The molecule has 0 unspecified atom stereocenters. The fraction of sp³-hybridized carbons (Fsp3) is 0.429. The Morgan fingerprint density at radius 2 is 1.85 bits per heavy atom. The number of carbonyl (C=O) groups is 2. The fourth-order valence-corrected chi connectivity index (χ4v) is 0.619. The van der Waals surface area contributed by atoms with Gasteiger partial charge in [0.2, 0.25) is 5.91 Å². The lowest BCUT2D eigenvalue weighted by molar-refractivity contribution is -0.133. The van der Waals surface area contributed by atoms with Crippen molar-refractivity contribution in [2.24, 2.45) is 0 Å². The lowest BCUT2D eigenvalue weighted by Gasteiger charge is -2.15. The van der Waals surface area contributed by atoms with Crippen LogP contribution in [0.5, 0.6) is 0 Å². The van der Waals surface area contributed by atoms with E-state index in [0.717, 1.165) is 11.0 Å². The van der Waals surface area contributed by atoms with E-state index in [1.807, 2.05) is 0 Å². The summed E-state index contributed by atoms with van der Waals surface area (Å²) < 4.78 is 0. The number of carboxylic acids is 1. The van der Waals surface area contributed by atoms with Crippen molar-refractivity contribution in [1.29, 1.82) is 0 Å². The Kier molecular flexibility index (Phi) is 5.49. The van der Waals surface area contributed by atoms with Crippen molar-refractivity contribution in [3.05, 3.63) is 12.2 Å². The van der Waals surface area contributed by atoms with E-state index >= 15 is 0 Å². The molecule has 0 saturated carbocycles. The van der Waals surface area contributed by atoms with Crippen molar-refractivity contribution < 1.29 is 24.9 Å². The van der Waals surface area contributed by atoms with Crippen LogP contribution >= 0.6 is 0 Å². The number of hydrogen-bond donors (Lipinski definition) is 3. The molecule has 74 valence electrons. The summed E-state index contributed by atoms with van der Waals surface area (Å²) in [5.41, 5.74) is 0. The molecule has 3 N–H and O–H groups in total. The second-order valence-corrected chi connectivity index (χ2v) is 2.14. The van der Waals surface area contributed by atoms with Crippen LogP contribution in [0.4, 0.5) is 0 Å². The zero-order valence-corrected chi connectivity index (χ0v) is 6.88. The summed E-state index contributed by atoms with van der Waals surface area (Å²) in [7, 11) is 0. The number of hydrogen-bond acceptors (Lipinski definition) is 4. The fourth-order valence-electron chi connectivity index (χ4n) is 0.619. The van der Waals surface area contributed by atoms with Gasteiger partial charge in [0.05, 0.1) is 6.61 Å². The minimum absolute atomic E-state index is 0.0285. The predicted molar refractivity (Wildman–Crippen MR) is 42.7 cm³/mol. The van der Waals surface area contributed by atoms with Crippen molar-refractivity contribution in [1.82, 2.24) is 4.90 Å². The number of rotatable bonds is 5. The quantitative estimate of drug-likeness (QED) is 0.357. The second kappa shape index (κ2) is 6.15. The number of nitrogens with zero attached hydrogens (tertiary/aromatic N) is 1. The molecule has 0 aromatic heterocycles. The molecule has 6 heteroatoms. The summed E-state index contributed by atoms with van der Waals surface area (Å²) >= 11 is 0. The summed E-state index contributed by atoms with van der Waals surface area (Å²) in [6.45, 7) is -0.865. The maximum atomic E-state index is 11.0. The highest BCUT2D eigenvalue weighted by Gasteiger charge is 2.07. The van der Waals surface area contributed by atoms with Gasteiger partial charge in [-0.3, -0.25) is 4.79 Å². The van der Waals surface area contributed by atoms with Gasteiger partial charge in [-0.2, -0.15) is 0 Å². The molecule has 6 nitrogen and oxygen atoms in total. The summed E-state index contributed by atoms with van der Waals surface area (Å²) in [6.07, 6.45) is 1.48. The third-order valence-electron chi connectivity index (χ3n) is 1.22. The smallest absolute Gasteiger partial charge is 0.328 e. The highest BCUT2D eigenvalue weighted by molar-refractivity contribution is 5.93. The Morgan fingerprint density at radius 1 is 1.23 bits per heavy atom.